The van der Waals surface area contributed by atoms with Crippen LogP contribution in [0.25, 0.3) is 0 Å². The standard InChI is InChI=1S/C15H19NO2/c1-13(17)5-6-14-7-9-15(10-8-14)18-12-4-2-3-11-16/h7-10H,2-6,12H2,1H3. The summed E-state index contributed by atoms with van der Waals surface area (Å²) in [6.45, 7) is 2.26. The Labute approximate surface area is 108 Å². The Hall–Kier alpha value is -1.82. The molecule has 3 nitrogen and oxygen atoms in total. The molecule has 0 saturated carbocycles. The Kier molecular flexibility index (Phi) is 6.56. The summed E-state index contributed by atoms with van der Waals surface area (Å²) >= 11 is 0. The molecule has 0 atom stereocenters. The monoisotopic (exact) mass is 245 g/mol. The van der Waals surface area contributed by atoms with Crippen LogP contribution < -0.4 is 4.74 Å². The lowest BCUT2D eigenvalue weighted by molar-refractivity contribution is -0.116. The molecule has 0 N–H and O–H groups in total. The van der Waals surface area contributed by atoms with Crippen molar-refractivity contribution in [1.29, 1.82) is 5.26 Å². The number of Topliss-reactive ketones (excluding diaryl/α,β-unsaturated/α-hetero) is 1. The fourth-order valence-electron chi connectivity index (χ4n) is 1.57. The van der Waals surface area contributed by atoms with Crippen LogP contribution in [-0.4, -0.2) is 12.4 Å². The van der Waals surface area contributed by atoms with Crippen molar-refractivity contribution in [2.24, 2.45) is 0 Å². The quantitative estimate of drug-likeness (QED) is 0.660. The van der Waals surface area contributed by atoms with E-state index in [1.807, 2.05) is 24.3 Å². The van der Waals surface area contributed by atoms with Crippen molar-refractivity contribution in [3.63, 3.8) is 0 Å². The number of hydrogen-bond acceptors (Lipinski definition) is 3. The van der Waals surface area contributed by atoms with E-state index in [2.05, 4.69) is 6.07 Å². The molecule has 0 spiro atoms. The molecule has 0 fully saturated rings. The van der Waals surface area contributed by atoms with Gasteiger partial charge in [0.05, 0.1) is 12.7 Å². The molecule has 3 heteroatoms. The van der Waals surface area contributed by atoms with E-state index < -0.39 is 0 Å². The maximum Gasteiger partial charge on any atom is 0.130 e. The van der Waals surface area contributed by atoms with Gasteiger partial charge in [0.1, 0.15) is 11.5 Å². The number of nitrogens with zero attached hydrogens (tertiary/aromatic N) is 1. The van der Waals surface area contributed by atoms with E-state index in [0.717, 1.165) is 30.6 Å². The molecule has 0 saturated heterocycles. The van der Waals surface area contributed by atoms with Gasteiger partial charge in [-0.15, -0.1) is 0 Å². The molecule has 0 amide bonds. The number of rotatable bonds is 8. The second-order valence-electron chi connectivity index (χ2n) is 4.31. The first kappa shape index (κ1) is 14.2. The molecular weight excluding hydrogens is 226 g/mol. The number of hydrogen-bond donors (Lipinski definition) is 0. The summed E-state index contributed by atoms with van der Waals surface area (Å²) in [7, 11) is 0. The first-order valence-corrected chi connectivity index (χ1v) is 6.30. The number of benzene rings is 1. The summed E-state index contributed by atoms with van der Waals surface area (Å²) in [4.78, 5) is 10.9. The topological polar surface area (TPSA) is 50.1 Å². The van der Waals surface area contributed by atoms with Gasteiger partial charge in [-0.1, -0.05) is 12.1 Å². The highest BCUT2D eigenvalue weighted by Crippen LogP contribution is 2.14. The van der Waals surface area contributed by atoms with Gasteiger partial charge in [-0.25, -0.2) is 0 Å². The van der Waals surface area contributed by atoms with Crippen molar-refractivity contribution in [3.8, 4) is 11.8 Å². The maximum absolute atomic E-state index is 10.9. The minimum absolute atomic E-state index is 0.216. The first-order valence-electron chi connectivity index (χ1n) is 6.30. The van der Waals surface area contributed by atoms with E-state index in [1.54, 1.807) is 6.92 Å². The fraction of sp³-hybridized carbons (Fsp3) is 0.467. The number of carbonyl (C=O) groups is 1. The summed E-state index contributed by atoms with van der Waals surface area (Å²) < 4.78 is 5.56. The average molecular weight is 245 g/mol. The average Bonchev–Trinajstić information content (AvgIpc) is 2.37. The fourth-order valence-corrected chi connectivity index (χ4v) is 1.57. The molecule has 1 aromatic carbocycles. The van der Waals surface area contributed by atoms with Gasteiger partial charge >= 0.3 is 0 Å². The van der Waals surface area contributed by atoms with Gasteiger partial charge < -0.3 is 9.53 Å². The van der Waals surface area contributed by atoms with Crippen LogP contribution >= 0.6 is 0 Å². The third kappa shape index (κ3) is 6.05. The Morgan fingerprint density at radius 2 is 2.00 bits per heavy atom. The number of aryl methyl sites for hydroxylation is 1. The molecule has 0 bridgehead atoms. The molecule has 0 radical (unpaired) electrons. The summed E-state index contributed by atoms with van der Waals surface area (Å²) in [6.07, 6.45) is 3.76. The number of nitriles is 1. The molecule has 0 aliphatic heterocycles. The predicted molar refractivity (Wildman–Crippen MR) is 70.4 cm³/mol. The first-order chi connectivity index (χ1) is 8.72. The van der Waals surface area contributed by atoms with Crippen molar-refractivity contribution in [2.45, 2.75) is 39.0 Å². The minimum atomic E-state index is 0.216. The summed E-state index contributed by atoms with van der Waals surface area (Å²) in [5.74, 6) is 1.06. The van der Waals surface area contributed by atoms with E-state index in [1.165, 1.54) is 0 Å². The number of ether oxygens (including phenoxy) is 1. The van der Waals surface area contributed by atoms with Gasteiger partial charge in [0.2, 0.25) is 0 Å². The summed E-state index contributed by atoms with van der Waals surface area (Å²) in [5.41, 5.74) is 1.15. The summed E-state index contributed by atoms with van der Waals surface area (Å²) in [6, 6.07) is 9.96. The van der Waals surface area contributed by atoms with Crippen LogP contribution in [0.1, 0.15) is 38.2 Å². The van der Waals surface area contributed by atoms with E-state index >= 15 is 0 Å². The molecule has 0 aliphatic carbocycles. The Balaban J connectivity index is 2.27. The molecule has 1 aromatic rings. The van der Waals surface area contributed by atoms with Crippen LogP contribution in [0.2, 0.25) is 0 Å². The van der Waals surface area contributed by atoms with Crippen LogP contribution in [0.3, 0.4) is 0 Å². The molecule has 0 aromatic heterocycles. The van der Waals surface area contributed by atoms with Crippen LogP contribution in [0.4, 0.5) is 0 Å². The lowest BCUT2D eigenvalue weighted by Crippen LogP contribution is -1.98. The number of ketones is 1. The lowest BCUT2D eigenvalue weighted by Gasteiger charge is -2.06. The molecule has 0 heterocycles. The van der Waals surface area contributed by atoms with Gasteiger partial charge in [-0.3, -0.25) is 0 Å². The second kappa shape index (κ2) is 8.30. The van der Waals surface area contributed by atoms with Crippen LogP contribution in [-0.2, 0) is 11.2 Å². The van der Waals surface area contributed by atoms with E-state index in [4.69, 9.17) is 10.00 Å². The molecule has 0 unspecified atom stereocenters. The molecule has 18 heavy (non-hydrogen) atoms. The maximum atomic E-state index is 10.9. The highest BCUT2D eigenvalue weighted by Gasteiger charge is 1.98. The minimum Gasteiger partial charge on any atom is -0.494 e. The van der Waals surface area contributed by atoms with Gasteiger partial charge in [0.15, 0.2) is 0 Å². The van der Waals surface area contributed by atoms with Crippen molar-refractivity contribution in [3.05, 3.63) is 29.8 Å². The predicted octanol–water partition coefficient (Wildman–Crippen LogP) is 3.28. The zero-order chi connectivity index (χ0) is 13.2. The van der Waals surface area contributed by atoms with Gasteiger partial charge in [0, 0.05) is 12.8 Å². The van der Waals surface area contributed by atoms with Gasteiger partial charge in [0.25, 0.3) is 0 Å². The summed E-state index contributed by atoms with van der Waals surface area (Å²) in [5, 5.41) is 8.39. The molecule has 96 valence electrons. The zero-order valence-electron chi connectivity index (χ0n) is 10.8. The Morgan fingerprint density at radius 3 is 2.61 bits per heavy atom. The van der Waals surface area contributed by atoms with Crippen LogP contribution in [0.15, 0.2) is 24.3 Å². The highest BCUT2D eigenvalue weighted by atomic mass is 16.5. The molecule has 0 aliphatic rings. The largest absolute Gasteiger partial charge is 0.494 e. The van der Waals surface area contributed by atoms with Crippen molar-refractivity contribution in [1.82, 2.24) is 0 Å². The lowest BCUT2D eigenvalue weighted by atomic mass is 10.1. The van der Waals surface area contributed by atoms with Crippen LogP contribution in [0.5, 0.6) is 5.75 Å². The normalized spacial score (nSPS) is 9.78. The van der Waals surface area contributed by atoms with Gasteiger partial charge in [-0.2, -0.15) is 5.26 Å². The number of carbonyl (C=O) groups excluding carboxylic acids is 1. The third-order valence-electron chi connectivity index (χ3n) is 2.64. The van der Waals surface area contributed by atoms with Crippen LogP contribution in [0, 0.1) is 11.3 Å². The third-order valence-corrected chi connectivity index (χ3v) is 2.64. The second-order valence-corrected chi connectivity index (χ2v) is 4.31. The Bertz CT molecular complexity index is 403. The number of unbranched alkanes of at least 4 members (excludes halogenated alkanes) is 2. The van der Waals surface area contributed by atoms with E-state index in [0.29, 0.717) is 19.4 Å². The smallest absolute Gasteiger partial charge is 0.130 e. The SMILES string of the molecule is CC(=O)CCc1ccc(OCCCCC#N)cc1. The van der Waals surface area contributed by atoms with Crippen molar-refractivity contribution in [2.75, 3.05) is 6.61 Å². The van der Waals surface area contributed by atoms with E-state index in [9.17, 15) is 4.79 Å². The van der Waals surface area contributed by atoms with E-state index in [-0.39, 0.29) is 5.78 Å². The van der Waals surface area contributed by atoms with Crippen molar-refractivity contribution >= 4 is 5.78 Å². The molecular formula is C15H19NO2. The Morgan fingerprint density at radius 1 is 1.28 bits per heavy atom. The zero-order valence-corrected chi connectivity index (χ0v) is 10.8. The highest BCUT2D eigenvalue weighted by molar-refractivity contribution is 5.75. The van der Waals surface area contributed by atoms with Crippen molar-refractivity contribution < 1.29 is 9.53 Å². The van der Waals surface area contributed by atoms with Gasteiger partial charge in [-0.05, 0) is 43.9 Å². The molecule has 1 rings (SSSR count).